The van der Waals surface area contributed by atoms with Crippen LogP contribution in [0.25, 0.3) is 0 Å². The minimum atomic E-state index is -1.23. The summed E-state index contributed by atoms with van der Waals surface area (Å²) < 4.78 is 46.2. The molecule has 3 atom stereocenters. The predicted molar refractivity (Wildman–Crippen MR) is 80.4 cm³/mol. The third-order valence-corrected chi connectivity index (χ3v) is 4.22. The van der Waals surface area contributed by atoms with Gasteiger partial charge < -0.3 is 9.64 Å². The average molecular weight is 280 g/mol. The molecule has 0 radical (unpaired) electrons. The minimum Gasteiger partial charge on any atom is -0.454 e. The first-order valence-electron chi connectivity index (χ1n) is 9.56. The lowest BCUT2D eigenvalue weighted by Crippen LogP contribution is -2.53. The van der Waals surface area contributed by atoms with Crippen LogP contribution in [-0.2, 0) is 15.1 Å². The van der Waals surface area contributed by atoms with Crippen molar-refractivity contribution in [3.63, 3.8) is 0 Å². The molecule has 0 spiro atoms. The first-order valence-corrected chi connectivity index (χ1v) is 7.06. The Morgan fingerprint density at radius 1 is 1.45 bits per heavy atom. The quantitative estimate of drug-likeness (QED) is 0.796. The molecule has 3 heteroatoms. The smallest absolute Gasteiger partial charge is 0.306 e. The third-order valence-electron chi connectivity index (χ3n) is 4.22. The topological polar surface area (TPSA) is 29.5 Å². The Labute approximate surface area is 128 Å². The summed E-state index contributed by atoms with van der Waals surface area (Å²) in [6.07, 6.45) is 0.543. The molecule has 110 valence electrons. The SMILES string of the molecule is [2H]c1c([2H])c([2H])c(C2(OC(=O)CC)CC(C)N(C)CC2C)c([2H])c1[2H]. The molecule has 1 fully saturated rings. The molecule has 3 unspecified atom stereocenters. The number of hydrogen-bond donors (Lipinski definition) is 0. The Kier molecular flexibility index (Phi) is 2.85. The zero-order chi connectivity index (χ0) is 19.1. The van der Waals surface area contributed by atoms with Crippen LogP contribution >= 0.6 is 0 Å². The van der Waals surface area contributed by atoms with E-state index in [9.17, 15) is 4.79 Å². The molecule has 20 heavy (non-hydrogen) atoms. The molecule has 1 aromatic rings. The van der Waals surface area contributed by atoms with Gasteiger partial charge in [-0.05, 0) is 19.5 Å². The van der Waals surface area contributed by atoms with E-state index >= 15 is 0 Å². The molecule has 0 amide bonds. The molecular weight excluding hydrogens is 250 g/mol. The number of carbonyl (C=O) groups excluding carboxylic acids is 1. The summed E-state index contributed by atoms with van der Waals surface area (Å²) in [6.45, 7) is 6.16. The van der Waals surface area contributed by atoms with Crippen molar-refractivity contribution in [2.24, 2.45) is 5.92 Å². The van der Waals surface area contributed by atoms with E-state index in [1.54, 1.807) is 6.92 Å². The number of likely N-dealkylation sites (tertiary alicyclic amines) is 1. The van der Waals surface area contributed by atoms with Gasteiger partial charge in [0.25, 0.3) is 0 Å². The number of piperidine rings is 1. The molecule has 1 heterocycles. The van der Waals surface area contributed by atoms with Crippen molar-refractivity contribution in [3.05, 3.63) is 35.8 Å². The summed E-state index contributed by atoms with van der Waals surface area (Å²) in [6, 6.07) is -1.79. The van der Waals surface area contributed by atoms with E-state index in [0.717, 1.165) is 0 Å². The van der Waals surface area contributed by atoms with Gasteiger partial charge in [-0.2, -0.15) is 0 Å². The van der Waals surface area contributed by atoms with E-state index in [-0.39, 0.29) is 36.0 Å². The van der Waals surface area contributed by atoms with Gasteiger partial charge in [0.15, 0.2) is 0 Å². The molecule has 0 aromatic heterocycles. The Bertz CT molecular complexity index is 667. The van der Waals surface area contributed by atoms with Gasteiger partial charge in [0.05, 0.1) is 6.85 Å². The molecule has 1 aliphatic heterocycles. The monoisotopic (exact) mass is 280 g/mol. The van der Waals surface area contributed by atoms with Crippen molar-refractivity contribution in [2.75, 3.05) is 13.6 Å². The fourth-order valence-corrected chi connectivity index (χ4v) is 2.83. The van der Waals surface area contributed by atoms with Crippen LogP contribution in [0.3, 0.4) is 0 Å². The van der Waals surface area contributed by atoms with Crippen LogP contribution in [0.2, 0.25) is 0 Å². The molecule has 2 rings (SSSR count). The van der Waals surface area contributed by atoms with Gasteiger partial charge in [-0.15, -0.1) is 0 Å². The number of benzene rings is 1. The molecule has 0 N–H and O–H groups in total. The van der Waals surface area contributed by atoms with Crippen molar-refractivity contribution < 1.29 is 16.4 Å². The van der Waals surface area contributed by atoms with Crippen LogP contribution < -0.4 is 0 Å². The summed E-state index contributed by atoms with van der Waals surface area (Å²) in [7, 11) is 1.97. The molecule has 1 aliphatic rings. The molecular formula is C17H25NO2. The molecule has 0 saturated carbocycles. The highest BCUT2D eigenvalue weighted by atomic mass is 16.6. The Balaban J connectivity index is 2.76. The normalized spacial score (nSPS) is 34.5. The van der Waals surface area contributed by atoms with Gasteiger partial charge in [0, 0.05) is 31.3 Å². The first-order chi connectivity index (χ1) is 11.6. The predicted octanol–water partition coefficient (Wildman–Crippen LogP) is 3.20. The summed E-state index contributed by atoms with van der Waals surface area (Å²) in [5.41, 5.74) is -1.14. The minimum absolute atomic E-state index is 0.0405. The lowest BCUT2D eigenvalue weighted by Gasteiger charge is -2.48. The van der Waals surface area contributed by atoms with Crippen molar-refractivity contribution in [1.82, 2.24) is 4.90 Å². The number of rotatable bonds is 3. The fourth-order valence-electron chi connectivity index (χ4n) is 2.83. The van der Waals surface area contributed by atoms with Crippen LogP contribution in [0, 0.1) is 5.92 Å². The largest absolute Gasteiger partial charge is 0.454 e. The van der Waals surface area contributed by atoms with Crippen LogP contribution in [0.4, 0.5) is 0 Å². The van der Waals surface area contributed by atoms with Crippen LogP contribution in [-0.4, -0.2) is 30.5 Å². The van der Waals surface area contributed by atoms with Gasteiger partial charge in [0.2, 0.25) is 0 Å². The Hall–Kier alpha value is -1.35. The van der Waals surface area contributed by atoms with Crippen LogP contribution in [0.1, 0.15) is 46.0 Å². The molecule has 0 bridgehead atoms. The van der Waals surface area contributed by atoms with Gasteiger partial charge in [-0.1, -0.05) is 44.1 Å². The van der Waals surface area contributed by atoms with E-state index in [2.05, 4.69) is 4.90 Å². The lowest BCUT2D eigenvalue weighted by atomic mass is 9.74. The van der Waals surface area contributed by atoms with E-state index in [1.165, 1.54) is 0 Å². The zero-order valence-corrected chi connectivity index (χ0v) is 12.5. The van der Waals surface area contributed by atoms with Crippen molar-refractivity contribution in [1.29, 1.82) is 0 Å². The Morgan fingerprint density at radius 3 is 2.70 bits per heavy atom. The highest BCUT2D eigenvalue weighted by molar-refractivity contribution is 5.69. The molecule has 0 aliphatic carbocycles. The van der Waals surface area contributed by atoms with Crippen molar-refractivity contribution >= 4 is 5.97 Å². The van der Waals surface area contributed by atoms with E-state index in [0.29, 0.717) is 13.0 Å². The number of ether oxygens (including phenoxy) is 1. The maximum atomic E-state index is 12.2. The number of carbonyl (C=O) groups is 1. The fraction of sp³-hybridized carbons (Fsp3) is 0.588. The molecule has 1 aromatic carbocycles. The van der Waals surface area contributed by atoms with Gasteiger partial charge >= 0.3 is 5.97 Å². The van der Waals surface area contributed by atoms with Gasteiger partial charge in [0.1, 0.15) is 5.60 Å². The standard InChI is InChI=1S/C17H25NO2/c1-5-16(19)20-17(15-9-7-6-8-10-15)11-14(3)18(4)12-13(17)2/h6-10,13-14H,5,11-12H2,1-4H3/i6D,7D,8D,9D,10D. The molecule has 1 saturated heterocycles. The van der Waals surface area contributed by atoms with Crippen LogP contribution in [0.5, 0.6) is 0 Å². The number of hydrogen-bond acceptors (Lipinski definition) is 3. The molecule has 3 nitrogen and oxygen atoms in total. The second-order valence-corrected chi connectivity index (χ2v) is 5.61. The Morgan fingerprint density at radius 2 is 2.10 bits per heavy atom. The summed E-state index contributed by atoms with van der Waals surface area (Å²) in [5, 5.41) is 0. The summed E-state index contributed by atoms with van der Waals surface area (Å²) in [5.74, 6) is -0.650. The summed E-state index contributed by atoms with van der Waals surface area (Å²) >= 11 is 0. The lowest BCUT2D eigenvalue weighted by molar-refractivity contribution is -0.177. The second kappa shape index (κ2) is 5.96. The third kappa shape index (κ3) is 2.73. The van der Waals surface area contributed by atoms with Crippen molar-refractivity contribution in [2.45, 2.75) is 45.3 Å². The highest BCUT2D eigenvalue weighted by Gasteiger charge is 2.46. The highest BCUT2D eigenvalue weighted by Crippen LogP contribution is 2.43. The van der Waals surface area contributed by atoms with Gasteiger partial charge in [-0.25, -0.2) is 0 Å². The number of nitrogens with zero attached hydrogens (tertiary/aromatic N) is 1. The van der Waals surface area contributed by atoms with E-state index in [4.69, 9.17) is 11.6 Å². The van der Waals surface area contributed by atoms with E-state index < -0.39 is 29.7 Å². The second-order valence-electron chi connectivity index (χ2n) is 5.61. The maximum absolute atomic E-state index is 12.2. The average Bonchev–Trinajstić information content (AvgIpc) is 2.56. The maximum Gasteiger partial charge on any atom is 0.306 e. The van der Waals surface area contributed by atoms with Crippen LogP contribution in [0.15, 0.2) is 30.2 Å². The van der Waals surface area contributed by atoms with Crippen molar-refractivity contribution in [3.8, 4) is 0 Å². The zero-order valence-electron chi connectivity index (χ0n) is 17.5. The summed E-state index contributed by atoms with van der Waals surface area (Å²) in [4.78, 5) is 14.3. The number of esters is 1. The van der Waals surface area contributed by atoms with E-state index in [1.807, 2.05) is 20.9 Å². The van der Waals surface area contributed by atoms with Gasteiger partial charge in [-0.3, -0.25) is 4.79 Å². The first kappa shape index (κ1) is 9.56.